The van der Waals surface area contributed by atoms with Gasteiger partial charge in [-0.15, -0.1) is 0 Å². The number of nitrogens with zero attached hydrogens (tertiary/aromatic N) is 2. The molecule has 0 unspecified atom stereocenters. The molecule has 0 N–H and O–H groups in total. The zero-order valence-electron chi connectivity index (χ0n) is 17.8. The van der Waals surface area contributed by atoms with E-state index in [2.05, 4.69) is 4.58 Å². The molecule has 0 radical (unpaired) electrons. The lowest BCUT2D eigenvalue weighted by molar-refractivity contribution is -0.600. The third-order valence-corrected chi connectivity index (χ3v) is 5.19. The average molecular weight is 423 g/mol. The number of hydrogen-bond donors (Lipinski definition) is 0. The van der Waals surface area contributed by atoms with Crippen LogP contribution in [0.1, 0.15) is 59.6 Å². The van der Waals surface area contributed by atoms with Gasteiger partial charge in [0, 0.05) is 5.41 Å². The van der Waals surface area contributed by atoms with Gasteiger partial charge in [0.15, 0.2) is 0 Å². The lowest BCUT2D eigenvalue weighted by atomic mass is 9.86. The third kappa shape index (κ3) is 4.89. The third-order valence-electron chi connectivity index (χ3n) is 5.19. The highest BCUT2D eigenvalue weighted by Crippen LogP contribution is 2.40. The summed E-state index contributed by atoms with van der Waals surface area (Å²) < 4.78 is 82.2. The predicted molar refractivity (Wildman–Crippen MR) is 102 cm³/mol. The van der Waals surface area contributed by atoms with E-state index >= 15 is 0 Å². The maximum atomic E-state index is 13.3. The monoisotopic (exact) mass is 423 g/mol. The zero-order chi connectivity index (χ0) is 22.5. The Balaban J connectivity index is 2.75. The van der Waals surface area contributed by atoms with Crippen molar-refractivity contribution in [1.29, 1.82) is 0 Å². The minimum absolute atomic E-state index is 0.0505. The first-order valence-electron chi connectivity index (χ1n) is 9.66. The molecule has 0 aliphatic carbocycles. The van der Waals surface area contributed by atoms with Crippen LogP contribution >= 0.6 is 0 Å². The van der Waals surface area contributed by atoms with Crippen molar-refractivity contribution >= 4 is 11.5 Å². The summed E-state index contributed by atoms with van der Waals surface area (Å²) in [5.41, 5.74) is -2.87. The molecule has 2 nitrogen and oxygen atoms in total. The Labute approximate surface area is 168 Å². The maximum Gasteiger partial charge on any atom is 0.416 e. The van der Waals surface area contributed by atoms with Gasteiger partial charge < -0.3 is 0 Å². The van der Waals surface area contributed by atoms with Gasteiger partial charge in [-0.25, -0.2) is 4.90 Å². The molecule has 1 aliphatic rings. The van der Waals surface area contributed by atoms with Crippen molar-refractivity contribution in [2.75, 3.05) is 11.4 Å². The number of rotatable bonds is 3. The molecule has 0 fully saturated rings. The van der Waals surface area contributed by atoms with E-state index in [9.17, 15) is 26.3 Å². The summed E-state index contributed by atoms with van der Waals surface area (Å²) in [5, 5.41) is 0. The minimum Gasteiger partial charge on any atom is -0.256 e. The zero-order valence-corrected chi connectivity index (χ0v) is 17.8. The van der Waals surface area contributed by atoms with Crippen LogP contribution in [0.3, 0.4) is 0 Å². The molecule has 29 heavy (non-hydrogen) atoms. The van der Waals surface area contributed by atoms with Gasteiger partial charge in [-0.05, 0) is 32.0 Å². The number of halogens is 6. The van der Waals surface area contributed by atoms with Gasteiger partial charge in [0.05, 0.1) is 23.1 Å². The van der Waals surface area contributed by atoms with Crippen LogP contribution in [0.5, 0.6) is 0 Å². The molecule has 1 aliphatic heterocycles. The highest BCUT2D eigenvalue weighted by molar-refractivity contribution is 5.97. The van der Waals surface area contributed by atoms with Gasteiger partial charge in [-0.3, -0.25) is 4.58 Å². The molecule has 0 amide bonds. The topological polar surface area (TPSA) is 6.25 Å². The Morgan fingerprint density at radius 3 is 1.62 bits per heavy atom. The molecule has 0 bridgehead atoms. The summed E-state index contributed by atoms with van der Waals surface area (Å²) >= 11 is 0. The molecule has 0 saturated carbocycles. The van der Waals surface area contributed by atoms with Crippen LogP contribution in [0.15, 0.2) is 18.2 Å². The highest BCUT2D eigenvalue weighted by Gasteiger charge is 2.48. The lowest BCUT2D eigenvalue weighted by Gasteiger charge is -2.28. The van der Waals surface area contributed by atoms with Crippen LogP contribution in [-0.2, 0) is 12.4 Å². The molecule has 2 rings (SSSR count). The van der Waals surface area contributed by atoms with Crippen molar-refractivity contribution in [3.8, 4) is 0 Å². The van der Waals surface area contributed by atoms with Crippen LogP contribution in [0.2, 0.25) is 0 Å². The average Bonchev–Trinajstić information content (AvgIpc) is 2.94. The van der Waals surface area contributed by atoms with Gasteiger partial charge >= 0.3 is 12.4 Å². The van der Waals surface area contributed by atoms with Crippen LogP contribution in [0.25, 0.3) is 0 Å². The molecule has 1 heterocycles. The largest absolute Gasteiger partial charge is 0.416 e. The van der Waals surface area contributed by atoms with E-state index in [4.69, 9.17) is 0 Å². The number of benzene rings is 1. The summed E-state index contributed by atoms with van der Waals surface area (Å²) in [6.07, 6.45) is -9.73. The highest BCUT2D eigenvalue weighted by atomic mass is 19.4. The molecule has 1 atom stereocenters. The van der Waals surface area contributed by atoms with Crippen molar-refractivity contribution in [3.05, 3.63) is 29.3 Å². The van der Waals surface area contributed by atoms with E-state index in [-0.39, 0.29) is 35.2 Å². The van der Waals surface area contributed by atoms with Crippen molar-refractivity contribution in [3.63, 3.8) is 0 Å². The van der Waals surface area contributed by atoms with Crippen molar-refractivity contribution < 1.29 is 30.9 Å². The second-order valence-corrected chi connectivity index (χ2v) is 9.27. The number of amidine groups is 1. The number of anilines is 1. The first-order chi connectivity index (χ1) is 12.9. The fourth-order valence-corrected chi connectivity index (χ4v) is 3.91. The van der Waals surface area contributed by atoms with Crippen LogP contribution in [0, 0.1) is 11.3 Å². The Bertz CT molecular complexity index is 750. The summed E-state index contributed by atoms with van der Waals surface area (Å²) in [6, 6.07) is 1.82. The molecule has 164 valence electrons. The second-order valence-electron chi connectivity index (χ2n) is 9.27. The second kappa shape index (κ2) is 7.51. The fraction of sp³-hybridized carbons (Fsp3) is 0.667. The van der Waals surface area contributed by atoms with E-state index in [1.54, 1.807) is 4.90 Å². The van der Waals surface area contributed by atoms with Crippen molar-refractivity contribution in [2.45, 2.75) is 72.9 Å². The maximum absolute atomic E-state index is 13.3. The van der Waals surface area contributed by atoms with E-state index in [1.165, 1.54) is 0 Å². The Morgan fingerprint density at radius 1 is 0.862 bits per heavy atom. The Kier molecular flexibility index (Phi) is 6.10. The molecular formula is C21H29F6N2+. The van der Waals surface area contributed by atoms with Gasteiger partial charge in [-0.1, -0.05) is 34.6 Å². The summed E-state index contributed by atoms with van der Waals surface area (Å²) in [6.45, 7) is 14.2. The fourth-order valence-electron chi connectivity index (χ4n) is 3.91. The summed E-state index contributed by atoms with van der Waals surface area (Å²) in [5.74, 6) is 0.668. The minimum atomic E-state index is -4.87. The molecule has 0 saturated heterocycles. The Hall–Kier alpha value is -1.73. The summed E-state index contributed by atoms with van der Waals surface area (Å²) in [7, 11) is 0. The number of alkyl halides is 6. The van der Waals surface area contributed by atoms with E-state index in [0.717, 1.165) is 18.0 Å². The SMILES string of the molecule is CC(C)C1=[N+](C(C)C)[C@@H](C(C)(C)C)CN1c1cc(C(F)(F)F)cc(C(F)(F)F)c1. The lowest BCUT2D eigenvalue weighted by Crippen LogP contribution is -2.41. The molecule has 1 aromatic carbocycles. The van der Waals surface area contributed by atoms with Crippen LogP contribution in [0.4, 0.5) is 32.0 Å². The molecule has 1 aromatic rings. The molecule has 0 aromatic heterocycles. The molecule has 8 heteroatoms. The van der Waals surface area contributed by atoms with Crippen molar-refractivity contribution in [1.82, 2.24) is 0 Å². The number of hydrogen-bond acceptors (Lipinski definition) is 1. The molecule has 0 spiro atoms. The van der Waals surface area contributed by atoms with Crippen LogP contribution < -0.4 is 4.90 Å². The standard InChI is InChI=1S/C21H29F6N2/c1-12(2)18-28(11-17(19(5,6)7)29(18)13(3)4)16-9-14(20(22,23)24)8-15(10-16)21(25,26)27/h8-10,12-13,17H,11H2,1-7H3/q+1/t17-/m1/s1. The quantitative estimate of drug-likeness (QED) is 0.401. The normalized spacial score (nSPS) is 19.1. The van der Waals surface area contributed by atoms with Gasteiger partial charge in [0.2, 0.25) is 0 Å². The first-order valence-corrected chi connectivity index (χ1v) is 9.66. The van der Waals surface area contributed by atoms with Gasteiger partial charge in [0.25, 0.3) is 5.84 Å². The van der Waals surface area contributed by atoms with Gasteiger partial charge in [0.1, 0.15) is 18.3 Å². The van der Waals surface area contributed by atoms with Gasteiger partial charge in [-0.2, -0.15) is 26.3 Å². The van der Waals surface area contributed by atoms with E-state index in [0.29, 0.717) is 6.54 Å². The van der Waals surface area contributed by atoms with E-state index in [1.807, 2.05) is 48.5 Å². The summed E-state index contributed by atoms with van der Waals surface area (Å²) in [4.78, 5) is 1.63. The smallest absolute Gasteiger partial charge is 0.256 e. The Morgan fingerprint density at radius 2 is 1.31 bits per heavy atom. The van der Waals surface area contributed by atoms with E-state index < -0.39 is 23.5 Å². The van der Waals surface area contributed by atoms with Crippen molar-refractivity contribution in [2.24, 2.45) is 11.3 Å². The first kappa shape index (κ1) is 23.5. The van der Waals surface area contributed by atoms with Crippen LogP contribution in [-0.4, -0.2) is 29.0 Å². The predicted octanol–water partition coefficient (Wildman–Crippen LogP) is 6.43. The molecular weight excluding hydrogens is 394 g/mol.